The molecule has 0 spiro atoms. The van der Waals surface area contributed by atoms with Crippen molar-refractivity contribution in [3.05, 3.63) is 108 Å². The molecule has 0 radical (unpaired) electrons. The first-order valence-corrected chi connectivity index (χ1v) is 14.6. The van der Waals surface area contributed by atoms with Crippen LogP contribution in [0, 0.1) is 5.92 Å². The number of benzene rings is 3. The van der Waals surface area contributed by atoms with Crippen molar-refractivity contribution < 1.29 is 4.18 Å². The highest BCUT2D eigenvalue weighted by atomic mass is 32.3. The maximum absolute atomic E-state index is 6.98. The van der Waals surface area contributed by atoms with Crippen LogP contribution in [-0.4, -0.2) is 17.1 Å². The van der Waals surface area contributed by atoms with Crippen molar-refractivity contribution in [1.82, 2.24) is 5.43 Å². The van der Waals surface area contributed by atoms with Crippen molar-refractivity contribution in [3.8, 4) is 0 Å². The van der Waals surface area contributed by atoms with Gasteiger partial charge in [-0.3, -0.25) is 5.43 Å². The molecule has 4 rings (SSSR count). The summed E-state index contributed by atoms with van der Waals surface area (Å²) < 4.78 is 6.94. The van der Waals surface area contributed by atoms with Gasteiger partial charge in [0.2, 0.25) is 0 Å². The zero-order chi connectivity index (χ0) is 25.6. The fourth-order valence-electron chi connectivity index (χ4n) is 4.95. The third-order valence-corrected chi connectivity index (χ3v) is 10.9. The van der Waals surface area contributed by atoms with Crippen LogP contribution in [0.5, 0.6) is 0 Å². The van der Waals surface area contributed by atoms with E-state index >= 15 is 0 Å². The van der Waals surface area contributed by atoms with E-state index in [-0.39, 0.29) is 4.75 Å². The minimum absolute atomic E-state index is 0.0360. The molecule has 190 valence electrons. The van der Waals surface area contributed by atoms with Crippen LogP contribution >= 0.6 is 10.3 Å². The molecule has 1 aliphatic heterocycles. The standard InChI is InChI=1S/C32H40N2OS/c1-25-24-26(2)33-34-31(25)28-21-19-27(20-22-28)14-12-13-23-35-36(32(3,4)5,29-15-8-6-9-16-29)30-17-10-7-11-18-30/h6-11,15-22,25,33H,2,12-14,23-24H2,1,3-5H3. The summed E-state index contributed by atoms with van der Waals surface area (Å²) >= 11 is 0. The van der Waals surface area contributed by atoms with Crippen LogP contribution in [0.1, 0.15) is 58.1 Å². The lowest BCUT2D eigenvalue weighted by Gasteiger charge is -2.50. The summed E-state index contributed by atoms with van der Waals surface area (Å²) in [5, 5.41) is 4.52. The monoisotopic (exact) mass is 500 g/mol. The molecule has 3 aromatic carbocycles. The maximum atomic E-state index is 6.98. The number of hydrogen-bond acceptors (Lipinski definition) is 3. The Kier molecular flexibility index (Phi) is 8.38. The molecule has 0 aliphatic carbocycles. The molecule has 1 N–H and O–H groups in total. The molecule has 0 bridgehead atoms. The summed E-state index contributed by atoms with van der Waals surface area (Å²) in [4.78, 5) is 2.58. The zero-order valence-corrected chi connectivity index (χ0v) is 23.0. The molecular weight excluding hydrogens is 460 g/mol. The van der Waals surface area contributed by atoms with Crippen LogP contribution in [0.15, 0.2) is 112 Å². The zero-order valence-electron chi connectivity index (χ0n) is 22.2. The highest BCUT2D eigenvalue weighted by Gasteiger charge is 2.41. The van der Waals surface area contributed by atoms with Gasteiger partial charge in [-0.05, 0) is 81.8 Å². The average molecular weight is 501 g/mol. The number of rotatable bonds is 9. The second-order valence-electron chi connectivity index (χ2n) is 10.6. The molecular formula is C32H40N2OS. The molecule has 3 aromatic rings. The lowest BCUT2D eigenvalue weighted by Crippen LogP contribution is -2.28. The van der Waals surface area contributed by atoms with E-state index < -0.39 is 10.3 Å². The lowest BCUT2D eigenvalue weighted by atomic mass is 9.92. The van der Waals surface area contributed by atoms with E-state index in [4.69, 9.17) is 4.18 Å². The number of hydrazone groups is 1. The quantitative estimate of drug-likeness (QED) is 0.299. The van der Waals surface area contributed by atoms with Crippen molar-refractivity contribution in [2.75, 3.05) is 6.61 Å². The van der Waals surface area contributed by atoms with Crippen LogP contribution < -0.4 is 5.43 Å². The van der Waals surface area contributed by atoms with Gasteiger partial charge in [0.25, 0.3) is 0 Å². The number of aryl methyl sites for hydroxylation is 1. The summed E-state index contributed by atoms with van der Waals surface area (Å²) in [5.74, 6) is 0.390. The molecule has 3 nitrogen and oxygen atoms in total. The van der Waals surface area contributed by atoms with Crippen LogP contribution in [0.2, 0.25) is 0 Å². The molecule has 36 heavy (non-hydrogen) atoms. The Morgan fingerprint density at radius 1 is 0.889 bits per heavy atom. The van der Waals surface area contributed by atoms with E-state index in [0.29, 0.717) is 5.92 Å². The molecule has 4 heteroatoms. The first kappa shape index (κ1) is 26.2. The predicted molar refractivity (Wildman–Crippen MR) is 155 cm³/mol. The lowest BCUT2D eigenvalue weighted by molar-refractivity contribution is 0.331. The molecule has 1 aliphatic rings. The number of nitrogens with zero attached hydrogens (tertiary/aromatic N) is 1. The van der Waals surface area contributed by atoms with Crippen LogP contribution in [-0.2, 0) is 10.6 Å². The molecule has 1 heterocycles. The Morgan fingerprint density at radius 3 is 2.00 bits per heavy atom. The molecule has 0 amide bonds. The van der Waals surface area contributed by atoms with E-state index in [1.165, 1.54) is 20.9 Å². The second kappa shape index (κ2) is 11.5. The van der Waals surface area contributed by atoms with Crippen molar-refractivity contribution in [1.29, 1.82) is 0 Å². The Morgan fingerprint density at radius 2 is 1.47 bits per heavy atom. The van der Waals surface area contributed by atoms with Gasteiger partial charge in [0.1, 0.15) is 0 Å². The summed E-state index contributed by atoms with van der Waals surface area (Å²) in [7, 11) is -1.67. The third kappa shape index (κ3) is 5.77. The fraction of sp³-hybridized carbons (Fsp3) is 0.344. The van der Waals surface area contributed by atoms with Gasteiger partial charge >= 0.3 is 0 Å². The maximum Gasteiger partial charge on any atom is 0.0711 e. The van der Waals surface area contributed by atoms with Gasteiger partial charge in [0, 0.05) is 26.2 Å². The van der Waals surface area contributed by atoms with E-state index in [2.05, 4.69) is 130 Å². The molecule has 0 fully saturated rings. The van der Waals surface area contributed by atoms with E-state index in [9.17, 15) is 0 Å². The molecule has 1 unspecified atom stereocenters. The van der Waals surface area contributed by atoms with Crippen molar-refractivity contribution in [3.63, 3.8) is 0 Å². The fourth-order valence-corrected chi connectivity index (χ4v) is 8.71. The summed E-state index contributed by atoms with van der Waals surface area (Å²) in [6.45, 7) is 13.9. The van der Waals surface area contributed by atoms with Gasteiger partial charge in [-0.1, -0.05) is 84.5 Å². The van der Waals surface area contributed by atoms with Gasteiger partial charge in [-0.2, -0.15) is 5.10 Å². The normalized spacial score (nSPS) is 16.8. The number of hydrogen-bond donors (Lipinski definition) is 1. The summed E-state index contributed by atoms with van der Waals surface area (Å²) in [5.41, 5.74) is 7.71. The Balaban J connectivity index is 1.41. The summed E-state index contributed by atoms with van der Waals surface area (Å²) in [6, 6.07) is 30.5. The highest BCUT2D eigenvalue weighted by Crippen LogP contribution is 2.71. The minimum atomic E-state index is -1.67. The van der Waals surface area contributed by atoms with Crippen molar-refractivity contribution in [2.24, 2.45) is 11.0 Å². The van der Waals surface area contributed by atoms with Crippen LogP contribution in [0.3, 0.4) is 0 Å². The Bertz CT molecular complexity index is 1120. The van der Waals surface area contributed by atoms with Crippen LogP contribution in [0.25, 0.3) is 0 Å². The van der Waals surface area contributed by atoms with Crippen molar-refractivity contribution >= 4 is 16.0 Å². The number of unbranched alkanes of at least 4 members (excludes halogenated alkanes) is 1. The molecule has 0 saturated heterocycles. The van der Waals surface area contributed by atoms with Gasteiger partial charge in [0.05, 0.1) is 12.3 Å². The first-order chi connectivity index (χ1) is 17.3. The Labute approximate surface area is 219 Å². The third-order valence-electron chi connectivity index (χ3n) is 6.74. The number of nitrogens with one attached hydrogen (secondary N) is 1. The van der Waals surface area contributed by atoms with E-state index in [1.54, 1.807) is 0 Å². The van der Waals surface area contributed by atoms with Crippen molar-refractivity contribution in [2.45, 2.75) is 67.9 Å². The van der Waals surface area contributed by atoms with E-state index in [0.717, 1.165) is 43.7 Å². The molecule has 0 aromatic heterocycles. The highest BCUT2D eigenvalue weighted by molar-refractivity contribution is 8.31. The first-order valence-electron chi connectivity index (χ1n) is 13.0. The smallest absolute Gasteiger partial charge is 0.0711 e. The molecule has 1 atom stereocenters. The average Bonchev–Trinajstić information content (AvgIpc) is 2.87. The Hall–Kier alpha value is -2.82. The van der Waals surface area contributed by atoms with Crippen LogP contribution in [0.4, 0.5) is 0 Å². The topological polar surface area (TPSA) is 33.6 Å². The SMILES string of the molecule is C=C1CC(C)C(c2ccc(CCCCOS(c3ccccc3)(c3ccccc3)C(C)(C)C)cc2)=NN1. The van der Waals surface area contributed by atoms with Gasteiger partial charge in [0.15, 0.2) is 0 Å². The summed E-state index contributed by atoms with van der Waals surface area (Å²) in [6.07, 6.45) is 4.11. The van der Waals surface area contributed by atoms with Gasteiger partial charge in [-0.25, -0.2) is 0 Å². The number of allylic oxidation sites excluding steroid dienone is 1. The second-order valence-corrected chi connectivity index (χ2v) is 14.1. The van der Waals surface area contributed by atoms with Gasteiger partial charge < -0.3 is 4.18 Å². The van der Waals surface area contributed by atoms with E-state index in [1.807, 2.05) is 0 Å². The largest absolute Gasteiger partial charge is 0.328 e. The van der Waals surface area contributed by atoms with Gasteiger partial charge in [-0.15, -0.1) is 0 Å². The minimum Gasteiger partial charge on any atom is -0.328 e. The molecule has 0 saturated carbocycles. The predicted octanol–water partition coefficient (Wildman–Crippen LogP) is 8.51.